The predicted octanol–water partition coefficient (Wildman–Crippen LogP) is 3.30. The van der Waals surface area contributed by atoms with Gasteiger partial charge < -0.3 is 4.90 Å². The summed E-state index contributed by atoms with van der Waals surface area (Å²) in [6.45, 7) is 6.95. The van der Waals surface area contributed by atoms with Gasteiger partial charge in [0.15, 0.2) is 0 Å². The molecule has 1 aromatic carbocycles. The molecule has 1 heterocycles. The van der Waals surface area contributed by atoms with Crippen LogP contribution >= 0.6 is 0 Å². The van der Waals surface area contributed by atoms with Crippen LogP contribution in [0, 0.1) is 5.92 Å². The van der Waals surface area contributed by atoms with E-state index in [1.54, 1.807) is 0 Å². The first-order valence-electron chi connectivity index (χ1n) is 7.34. The molecule has 1 atom stereocenters. The van der Waals surface area contributed by atoms with E-state index in [0.29, 0.717) is 6.04 Å². The Kier molecular flexibility index (Phi) is 5.59. The van der Waals surface area contributed by atoms with Gasteiger partial charge in [0.2, 0.25) is 0 Å². The van der Waals surface area contributed by atoms with Crippen LogP contribution in [0.3, 0.4) is 0 Å². The minimum Gasteiger partial charge on any atom is -0.301 e. The summed E-state index contributed by atoms with van der Waals surface area (Å²) in [5, 5.41) is 0. The van der Waals surface area contributed by atoms with Gasteiger partial charge in [-0.2, -0.15) is 0 Å². The van der Waals surface area contributed by atoms with Gasteiger partial charge in [-0.05, 0) is 64.3 Å². The average molecular weight is 279 g/mol. The molecular formula is C16H25NOS. The molecule has 1 unspecified atom stereocenters. The summed E-state index contributed by atoms with van der Waals surface area (Å²) >= 11 is 0. The zero-order valence-electron chi connectivity index (χ0n) is 12.0. The SMILES string of the molecule is CC(C)N1CCC(CCS(=O)c2ccccc2)CC1. The zero-order chi connectivity index (χ0) is 13.7. The van der Waals surface area contributed by atoms with E-state index in [9.17, 15) is 4.21 Å². The van der Waals surface area contributed by atoms with E-state index in [0.717, 1.165) is 23.0 Å². The van der Waals surface area contributed by atoms with Crippen molar-refractivity contribution in [3.8, 4) is 0 Å². The number of rotatable bonds is 5. The van der Waals surface area contributed by atoms with Gasteiger partial charge in [0.1, 0.15) is 0 Å². The molecule has 0 N–H and O–H groups in total. The highest BCUT2D eigenvalue weighted by Crippen LogP contribution is 2.22. The molecule has 0 saturated carbocycles. The van der Waals surface area contributed by atoms with Crippen LogP contribution in [0.5, 0.6) is 0 Å². The third-order valence-electron chi connectivity index (χ3n) is 4.10. The molecule has 19 heavy (non-hydrogen) atoms. The van der Waals surface area contributed by atoms with Gasteiger partial charge in [-0.3, -0.25) is 4.21 Å². The lowest BCUT2D eigenvalue weighted by atomic mass is 9.94. The van der Waals surface area contributed by atoms with E-state index in [-0.39, 0.29) is 0 Å². The van der Waals surface area contributed by atoms with Crippen molar-refractivity contribution in [2.75, 3.05) is 18.8 Å². The van der Waals surface area contributed by atoms with Crippen LogP contribution in [0.15, 0.2) is 35.2 Å². The van der Waals surface area contributed by atoms with Crippen LogP contribution in [0.2, 0.25) is 0 Å². The van der Waals surface area contributed by atoms with E-state index in [1.165, 1.54) is 25.9 Å². The van der Waals surface area contributed by atoms with E-state index in [4.69, 9.17) is 0 Å². The Labute approximate surface area is 119 Å². The lowest BCUT2D eigenvalue weighted by molar-refractivity contribution is 0.148. The third-order valence-corrected chi connectivity index (χ3v) is 5.50. The highest BCUT2D eigenvalue weighted by atomic mass is 32.2. The lowest BCUT2D eigenvalue weighted by Gasteiger charge is -2.34. The highest BCUT2D eigenvalue weighted by Gasteiger charge is 2.21. The fourth-order valence-corrected chi connectivity index (χ4v) is 3.97. The van der Waals surface area contributed by atoms with Crippen LogP contribution in [-0.2, 0) is 10.8 Å². The van der Waals surface area contributed by atoms with E-state index < -0.39 is 10.8 Å². The Hall–Kier alpha value is -0.670. The largest absolute Gasteiger partial charge is 0.301 e. The standard InChI is InChI=1S/C16H25NOS/c1-14(2)17-11-8-15(9-12-17)10-13-19(18)16-6-4-3-5-7-16/h3-7,14-15H,8-13H2,1-2H3. The normalized spacial score (nSPS) is 19.7. The topological polar surface area (TPSA) is 20.3 Å². The Morgan fingerprint density at radius 3 is 2.42 bits per heavy atom. The van der Waals surface area contributed by atoms with Gasteiger partial charge in [0, 0.05) is 16.7 Å². The maximum absolute atomic E-state index is 12.2. The van der Waals surface area contributed by atoms with Crippen LogP contribution in [-0.4, -0.2) is 34.0 Å². The Bertz CT molecular complexity index is 396. The van der Waals surface area contributed by atoms with Crippen LogP contribution in [0.4, 0.5) is 0 Å². The maximum Gasteiger partial charge on any atom is 0.0529 e. The van der Waals surface area contributed by atoms with Crippen molar-refractivity contribution in [1.82, 2.24) is 4.90 Å². The van der Waals surface area contributed by atoms with E-state index >= 15 is 0 Å². The minimum atomic E-state index is -0.816. The highest BCUT2D eigenvalue weighted by molar-refractivity contribution is 7.85. The van der Waals surface area contributed by atoms with Crippen molar-refractivity contribution in [1.29, 1.82) is 0 Å². The first-order valence-corrected chi connectivity index (χ1v) is 8.66. The first kappa shape index (κ1) is 14.7. The summed E-state index contributed by atoms with van der Waals surface area (Å²) < 4.78 is 12.2. The number of likely N-dealkylation sites (tertiary alicyclic amines) is 1. The van der Waals surface area contributed by atoms with Gasteiger partial charge in [-0.25, -0.2) is 0 Å². The summed E-state index contributed by atoms with van der Waals surface area (Å²) in [7, 11) is -0.816. The molecule has 0 radical (unpaired) electrons. The Balaban J connectivity index is 1.74. The van der Waals surface area contributed by atoms with Crippen molar-refractivity contribution >= 4 is 10.8 Å². The molecule has 0 bridgehead atoms. The average Bonchev–Trinajstić information content (AvgIpc) is 2.46. The Morgan fingerprint density at radius 2 is 1.84 bits per heavy atom. The number of hydrogen-bond donors (Lipinski definition) is 0. The fourth-order valence-electron chi connectivity index (χ4n) is 2.72. The quantitative estimate of drug-likeness (QED) is 0.824. The molecule has 1 aromatic rings. The molecule has 0 aliphatic carbocycles. The lowest BCUT2D eigenvalue weighted by Crippen LogP contribution is -2.38. The zero-order valence-corrected chi connectivity index (χ0v) is 12.9. The summed E-state index contributed by atoms with van der Waals surface area (Å²) in [5.41, 5.74) is 0. The van der Waals surface area contributed by atoms with Crippen molar-refractivity contribution in [2.24, 2.45) is 5.92 Å². The maximum atomic E-state index is 12.2. The van der Waals surface area contributed by atoms with Crippen LogP contribution < -0.4 is 0 Å². The van der Waals surface area contributed by atoms with Gasteiger partial charge in [0.05, 0.1) is 10.8 Å². The van der Waals surface area contributed by atoms with Gasteiger partial charge >= 0.3 is 0 Å². The van der Waals surface area contributed by atoms with Gasteiger partial charge in [0.25, 0.3) is 0 Å². The minimum absolute atomic E-state index is 0.666. The number of hydrogen-bond acceptors (Lipinski definition) is 2. The molecule has 1 aliphatic heterocycles. The molecule has 3 heteroatoms. The van der Waals surface area contributed by atoms with Crippen molar-refractivity contribution in [2.45, 2.75) is 44.0 Å². The number of piperidine rings is 1. The summed E-state index contributed by atoms with van der Waals surface area (Å²) in [6, 6.07) is 10.5. The van der Waals surface area contributed by atoms with E-state index in [1.807, 2.05) is 30.3 Å². The van der Waals surface area contributed by atoms with Gasteiger partial charge in [-0.15, -0.1) is 0 Å². The third kappa shape index (κ3) is 4.43. The molecule has 1 saturated heterocycles. The summed E-state index contributed by atoms with van der Waals surface area (Å²) in [5.74, 6) is 1.58. The molecule has 2 nitrogen and oxygen atoms in total. The predicted molar refractivity (Wildman–Crippen MR) is 81.8 cm³/mol. The van der Waals surface area contributed by atoms with Crippen LogP contribution in [0.25, 0.3) is 0 Å². The summed E-state index contributed by atoms with van der Waals surface area (Å²) in [6.07, 6.45) is 3.64. The van der Waals surface area contributed by atoms with Crippen molar-refractivity contribution in [3.05, 3.63) is 30.3 Å². The smallest absolute Gasteiger partial charge is 0.0529 e. The monoisotopic (exact) mass is 279 g/mol. The molecule has 0 aromatic heterocycles. The fraction of sp³-hybridized carbons (Fsp3) is 0.625. The molecule has 2 rings (SSSR count). The van der Waals surface area contributed by atoms with Crippen molar-refractivity contribution < 1.29 is 4.21 Å². The van der Waals surface area contributed by atoms with Crippen molar-refractivity contribution in [3.63, 3.8) is 0 Å². The molecule has 1 aliphatic rings. The Morgan fingerprint density at radius 1 is 1.21 bits per heavy atom. The molecular weight excluding hydrogens is 254 g/mol. The second-order valence-electron chi connectivity index (χ2n) is 5.72. The molecule has 0 amide bonds. The number of benzene rings is 1. The molecule has 0 spiro atoms. The second-order valence-corrected chi connectivity index (χ2v) is 7.30. The van der Waals surface area contributed by atoms with Crippen LogP contribution in [0.1, 0.15) is 33.1 Å². The summed E-state index contributed by atoms with van der Waals surface area (Å²) in [4.78, 5) is 3.52. The molecule has 1 fully saturated rings. The van der Waals surface area contributed by atoms with Gasteiger partial charge in [-0.1, -0.05) is 18.2 Å². The number of nitrogens with zero attached hydrogens (tertiary/aromatic N) is 1. The first-order chi connectivity index (χ1) is 9.16. The second kappa shape index (κ2) is 7.20. The molecule has 106 valence electrons. The van der Waals surface area contributed by atoms with E-state index in [2.05, 4.69) is 18.7 Å².